The van der Waals surface area contributed by atoms with Crippen molar-refractivity contribution >= 4 is 46.6 Å². The molecule has 0 radical (unpaired) electrons. The van der Waals surface area contributed by atoms with Gasteiger partial charge in [-0.05, 0) is 30.2 Å². The molecule has 0 atom stereocenters. The van der Waals surface area contributed by atoms with Gasteiger partial charge >= 0.3 is 6.18 Å². The van der Waals surface area contributed by atoms with Crippen LogP contribution in [0.4, 0.5) is 13.2 Å². The van der Waals surface area contributed by atoms with Gasteiger partial charge in [-0.2, -0.15) is 13.2 Å². The zero-order chi connectivity index (χ0) is 14.3. The smallest absolute Gasteiger partial charge is 0.312 e. The van der Waals surface area contributed by atoms with E-state index in [1.165, 1.54) is 6.07 Å². The summed E-state index contributed by atoms with van der Waals surface area (Å²) in [5, 5.41) is 2.94. The van der Waals surface area contributed by atoms with Crippen molar-refractivity contribution < 1.29 is 13.2 Å². The van der Waals surface area contributed by atoms with Crippen LogP contribution in [0.15, 0.2) is 17.0 Å². The first-order valence-corrected chi connectivity index (χ1v) is 7.32. The molecular weight excluding hydrogens is 342 g/mol. The number of thioether (sulfide) groups is 1. The molecule has 0 fully saturated rings. The van der Waals surface area contributed by atoms with Crippen molar-refractivity contribution in [1.82, 2.24) is 5.32 Å². The normalized spacial score (nSPS) is 16.3. The molecule has 0 aromatic heterocycles. The number of hydrogen-bond acceptors (Lipinski definition) is 2. The van der Waals surface area contributed by atoms with Crippen LogP contribution in [-0.4, -0.2) is 9.67 Å². The van der Waals surface area contributed by atoms with Crippen molar-refractivity contribution in [3.05, 3.63) is 28.8 Å². The molecule has 1 aliphatic rings. The van der Waals surface area contributed by atoms with Crippen LogP contribution in [0, 0.1) is 0 Å². The Morgan fingerprint density at radius 3 is 2.42 bits per heavy atom. The van der Waals surface area contributed by atoms with Gasteiger partial charge in [0.15, 0.2) is 0 Å². The Hall–Kier alpha value is 0.190. The average Bonchev–Trinajstić information content (AvgIpc) is 2.24. The Morgan fingerprint density at radius 1 is 1.16 bits per heavy atom. The van der Waals surface area contributed by atoms with Gasteiger partial charge in [0.25, 0.3) is 0 Å². The summed E-state index contributed by atoms with van der Waals surface area (Å²) in [7, 11) is 0. The zero-order valence-corrected chi connectivity index (χ0v) is 12.5. The predicted molar refractivity (Wildman–Crippen MR) is 73.0 cm³/mol. The predicted octanol–water partition coefficient (Wildman–Crippen LogP) is 4.77. The number of benzene rings is 1. The molecule has 106 valence electrons. The summed E-state index contributed by atoms with van der Waals surface area (Å²) in [4.78, 5) is -0.0602. The molecule has 2 rings (SSSR count). The van der Waals surface area contributed by atoms with Gasteiger partial charge in [0.2, 0.25) is 3.12 Å². The maximum absolute atomic E-state index is 13.2. The molecule has 0 bridgehead atoms. The Bertz CT molecular complexity index is 485. The van der Waals surface area contributed by atoms with E-state index in [1.54, 1.807) is 6.07 Å². The first-order chi connectivity index (χ1) is 8.68. The quantitative estimate of drug-likeness (QED) is 0.578. The Kier molecular flexibility index (Phi) is 4.53. The van der Waals surface area contributed by atoms with Crippen LogP contribution in [0.2, 0.25) is 0 Å². The van der Waals surface area contributed by atoms with Gasteiger partial charge in [-0.3, -0.25) is 0 Å². The summed E-state index contributed by atoms with van der Waals surface area (Å²) < 4.78 is 37.9. The lowest BCUT2D eigenvalue weighted by molar-refractivity contribution is -0.140. The molecule has 1 nitrogen and oxygen atoms in total. The van der Waals surface area contributed by atoms with Crippen LogP contribution >= 0.6 is 46.6 Å². The fraction of sp³-hybridized carbons (Fsp3) is 0.455. The average molecular weight is 351 g/mol. The van der Waals surface area contributed by atoms with Gasteiger partial charge in [0.1, 0.15) is 0 Å². The van der Waals surface area contributed by atoms with Gasteiger partial charge in [-0.25, -0.2) is 0 Å². The van der Waals surface area contributed by atoms with Crippen LogP contribution in [-0.2, 0) is 19.1 Å². The topological polar surface area (TPSA) is 12.0 Å². The van der Waals surface area contributed by atoms with Crippen molar-refractivity contribution in [2.24, 2.45) is 0 Å². The summed E-state index contributed by atoms with van der Waals surface area (Å²) in [5.74, 6) is 0. The molecule has 1 aromatic rings. The van der Waals surface area contributed by atoms with Gasteiger partial charge < -0.3 is 5.32 Å². The second kappa shape index (κ2) is 5.53. The van der Waals surface area contributed by atoms with E-state index in [2.05, 4.69) is 5.32 Å². The zero-order valence-electron chi connectivity index (χ0n) is 9.45. The van der Waals surface area contributed by atoms with Crippen LogP contribution in [0.3, 0.4) is 0 Å². The molecule has 0 amide bonds. The molecule has 0 unspecified atom stereocenters. The molecule has 0 saturated heterocycles. The SMILES string of the molecule is FC(F)(F)c1c(SC(Cl)(Cl)Cl)ccc2c1CNCC2. The molecule has 1 heterocycles. The lowest BCUT2D eigenvalue weighted by Crippen LogP contribution is -2.27. The number of nitrogens with one attached hydrogen (secondary N) is 1. The molecule has 0 spiro atoms. The van der Waals surface area contributed by atoms with Crippen LogP contribution in [0.1, 0.15) is 16.7 Å². The summed E-state index contributed by atoms with van der Waals surface area (Å²) in [6, 6.07) is 3.05. The first-order valence-electron chi connectivity index (χ1n) is 5.37. The highest BCUT2D eigenvalue weighted by molar-refractivity contribution is 8.04. The highest BCUT2D eigenvalue weighted by atomic mass is 35.6. The highest BCUT2D eigenvalue weighted by Crippen LogP contribution is 2.49. The van der Waals surface area contributed by atoms with E-state index in [4.69, 9.17) is 34.8 Å². The first kappa shape index (κ1) is 15.6. The lowest BCUT2D eigenvalue weighted by atomic mass is 9.95. The summed E-state index contributed by atoms with van der Waals surface area (Å²) in [6.45, 7) is 0.847. The largest absolute Gasteiger partial charge is 0.417 e. The number of hydrogen-bond donors (Lipinski definition) is 1. The van der Waals surface area contributed by atoms with Crippen LogP contribution < -0.4 is 5.32 Å². The standard InChI is InChI=1S/C11H9Cl3F3NS/c12-11(13,14)19-8-2-1-6-3-4-18-5-7(6)9(8)10(15,16)17/h1-2,18H,3-5H2. The molecule has 0 aliphatic carbocycles. The fourth-order valence-electron chi connectivity index (χ4n) is 2.06. The minimum absolute atomic E-state index is 0.0602. The number of fused-ring (bicyclic) bond motifs is 1. The third-order valence-corrected chi connectivity index (χ3v) is 4.24. The second-order valence-electron chi connectivity index (χ2n) is 4.05. The molecule has 1 N–H and O–H groups in total. The molecule has 0 saturated carbocycles. The van der Waals surface area contributed by atoms with Gasteiger partial charge in [0, 0.05) is 11.4 Å². The van der Waals surface area contributed by atoms with Gasteiger partial charge in [0.05, 0.1) is 5.56 Å². The molecule has 19 heavy (non-hydrogen) atoms. The van der Waals surface area contributed by atoms with E-state index in [-0.39, 0.29) is 17.0 Å². The minimum atomic E-state index is -4.47. The fourth-order valence-corrected chi connectivity index (χ4v) is 3.54. The van der Waals surface area contributed by atoms with E-state index in [9.17, 15) is 13.2 Å². The van der Waals surface area contributed by atoms with E-state index >= 15 is 0 Å². The number of halogens is 6. The van der Waals surface area contributed by atoms with E-state index in [1.807, 2.05) is 0 Å². The second-order valence-corrected chi connectivity index (χ2v) is 8.26. The van der Waals surface area contributed by atoms with Crippen molar-refractivity contribution in [2.75, 3.05) is 6.54 Å². The molecule has 8 heteroatoms. The van der Waals surface area contributed by atoms with Crippen molar-refractivity contribution in [3.8, 4) is 0 Å². The Labute approximate surface area is 127 Å². The Morgan fingerprint density at radius 2 is 1.84 bits per heavy atom. The highest BCUT2D eigenvalue weighted by Gasteiger charge is 2.39. The molecule has 1 aromatic carbocycles. The minimum Gasteiger partial charge on any atom is -0.312 e. The van der Waals surface area contributed by atoms with Gasteiger partial charge in [-0.1, -0.05) is 52.6 Å². The third-order valence-electron chi connectivity index (χ3n) is 2.75. The van der Waals surface area contributed by atoms with Gasteiger partial charge in [-0.15, -0.1) is 0 Å². The van der Waals surface area contributed by atoms with E-state index < -0.39 is 14.9 Å². The Balaban J connectivity index is 2.55. The monoisotopic (exact) mass is 349 g/mol. The van der Waals surface area contributed by atoms with Crippen molar-refractivity contribution in [2.45, 2.75) is 27.2 Å². The summed E-state index contributed by atoms with van der Waals surface area (Å²) in [6.07, 6.45) is -3.90. The third kappa shape index (κ3) is 3.85. The maximum atomic E-state index is 13.2. The summed E-state index contributed by atoms with van der Waals surface area (Å²) in [5.41, 5.74) is 0.242. The number of alkyl halides is 6. The van der Waals surface area contributed by atoms with Crippen molar-refractivity contribution in [1.29, 1.82) is 0 Å². The number of rotatable bonds is 1. The molecule has 1 aliphatic heterocycles. The summed E-state index contributed by atoms with van der Waals surface area (Å²) >= 11 is 17.3. The van der Waals surface area contributed by atoms with Crippen molar-refractivity contribution in [3.63, 3.8) is 0 Å². The van der Waals surface area contributed by atoms with E-state index in [0.717, 1.165) is 0 Å². The lowest BCUT2D eigenvalue weighted by Gasteiger charge is -2.25. The van der Waals surface area contributed by atoms with Crippen LogP contribution in [0.5, 0.6) is 0 Å². The maximum Gasteiger partial charge on any atom is 0.417 e. The van der Waals surface area contributed by atoms with E-state index in [0.29, 0.717) is 30.3 Å². The molecular formula is C11H9Cl3F3NS. The van der Waals surface area contributed by atoms with Crippen LogP contribution in [0.25, 0.3) is 0 Å².